The third-order valence-electron chi connectivity index (χ3n) is 14.1. The van der Waals surface area contributed by atoms with Crippen molar-refractivity contribution in [2.75, 3.05) is 33.7 Å². The smallest absolute Gasteiger partial charge is 0.330 e. The molecule has 19 heteroatoms. The summed E-state index contributed by atoms with van der Waals surface area (Å²) in [5.41, 5.74) is 4.14. The maximum absolute atomic E-state index is 15.0. The Morgan fingerprint density at radius 3 is 1.81 bits per heavy atom. The maximum Gasteiger partial charge on any atom is 0.330 e. The second-order valence-electron chi connectivity index (χ2n) is 19.6. The molecule has 1 aromatic heterocycles. The second-order valence-corrected chi connectivity index (χ2v) is 19.6. The highest BCUT2D eigenvalue weighted by Crippen LogP contribution is 2.36. The van der Waals surface area contributed by atoms with Crippen LogP contribution < -0.4 is 22.3 Å². The van der Waals surface area contributed by atoms with Gasteiger partial charge in [-0.15, -0.1) is 0 Å². The van der Waals surface area contributed by atoms with Gasteiger partial charge < -0.3 is 55.3 Å². The van der Waals surface area contributed by atoms with Gasteiger partial charge in [0.25, 0.3) is 5.56 Å². The summed E-state index contributed by atoms with van der Waals surface area (Å²) in [5.74, 6) is -1.78. The molecule has 0 aliphatic carbocycles. The molecule has 2 amide bonds. The molecule has 19 nitrogen and oxygen atoms in total. The number of hydrogen-bond donors (Lipinski definition) is 7. The van der Waals surface area contributed by atoms with E-state index in [0.717, 1.165) is 61.8 Å². The van der Waals surface area contributed by atoms with Crippen molar-refractivity contribution < 1.29 is 53.8 Å². The molecule has 3 fully saturated rings. The van der Waals surface area contributed by atoms with Gasteiger partial charge in [0.1, 0.15) is 60.9 Å². The topological polar surface area (TPSA) is 268 Å². The first-order chi connectivity index (χ1) is 33.2. The Morgan fingerprint density at radius 2 is 1.29 bits per heavy atom. The number of carbonyl (C=O) groups is 3. The number of H-pyrrole nitrogens is 1. The number of unbranched alkanes of at least 4 members (excludes halogenated alkanes) is 21. The average Bonchev–Trinajstić information content (AvgIpc) is 3.73. The minimum Gasteiger partial charge on any atom is -0.458 e. The standard InChI is InChI=1S/C50H88N6O13/c1-5-7-9-11-13-15-17-18-19-20-22-24-26-28-37(58)66-35-33-54(3)39(47(64)55(4)38(35)46(63)52-30-27-25-23-21-16-14-12-10-8-6-2)44(69-49-43(62)40(59)34(32-51)67-49)45-41(60)42(61)48(68-45)56-31-29-36(57)53-50(56)65/h29,31,34-35,38-45,48-49,59-62H,5-28,30,32-33,51H2,1-4H3,(H,52,63)(H,53,57,65)/t34-,35+,38?,39?,40-,41+,42-,43-,44+,45?,48?,49?/m1/s1. The number of amides is 2. The Bertz CT molecular complexity index is 1770. The number of rotatable bonds is 33. The zero-order chi connectivity index (χ0) is 50.3. The Kier molecular flexibility index (Phi) is 26.4. The largest absolute Gasteiger partial charge is 0.458 e. The number of nitrogens with one attached hydrogen (secondary N) is 2. The Morgan fingerprint density at radius 1 is 0.754 bits per heavy atom. The number of ether oxygens (including phenoxy) is 4. The van der Waals surface area contributed by atoms with E-state index in [2.05, 4.69) is 24.1 Å². The predicted molar refractivity (Wildman–Crippen MR) is 260 cm³/mol. The third kappa shape index (κ3) is 17.8. The van der Waals surface area contributed by atoms with Crippen molar-refractivity contribution in [1.29, 1.82) is 0 Å². The Labute approximate surface area is 409 Å². The van der Waals surface area contributed by atoms with Gasteiger partial charge in [-0.3, -0.25) is 33.6 Å². The molecule has 0 aromatic carbocycles. The number of nitrogens with two attached hydrogens (primary N) is 1. The number of carbonyl (C=O) groups excluding carboxylic acids is 3. The SMILES string of the molecule is CCCCCCCCCCCCCCCC(=O)O[C@H]1CN(C)C([C@H](OC2O[C@H](CN)[C@@H](O)[C@H]2O)C2OC(n3ccc(=O)[nH]c3=O)[C@H](O)[C@@H]2O)C(=O)N(C)C1C(=O)NCCCCCCCCCCCC. The normalized spacial score (nSPS) is 28.0. The van der Waals surface area contributed by atoms with Gasteiger partial charge in [-0.05, 0) is 19.9 Å². The molecule has 3 aliphatic rings. The molecule has 4 heterocycles. The van der Waals surface area contributed by atoms with Gasteiger partial charge in [0.2, 0.25) is 11.8 Å². The molecule has 4 rings (SSSR count). The quantitative estimate of drug-likeness (QED) is 0.0393. The van der Waals surface area contributed by atoms with Crippen LogP contribution in [0.2, 0.25) is 0 Å². The summed E-state index contributed by atoms with van der Waals surface area (Å²) < 4.78 is 25.2. The van der Waals surface area contributed by atoms with E-state index in [1.165, 1.54) is 114 Å². The van der Waals surface area contributed by atoms with Gasteiger partial charge in [0, 0.05) is 45.4 Å². The van der Waals surface area contributed by atoms with Crippen molar-refractivity contribution in [2.45, 2.75) is 241 Å². The molecule has 3 saturated heterocycles. The lowest BCUT2D eigenvalue weighted by Crippen LogP contribution is -2.60. The molecule has 1 aromatic rings. The first kappa shape index (κ1) is 58.3. The number of aromatic amines is 1. The van der Waals surface area contributed by atoms with Crippen molar-refractivity contribution in [3.8, 4) is 0 Å². The Balaban J connectivity index is 1.51. The van der Waals surface area contributed by atoms with E-state index < -0.39 is 102 Å². The number of esters is 1. The van der Waals surface area contributed by atoms with Crippen molar-refractivity contribution in [3.63, 3.8) is 0 Å². The molecule has 0 radical (unpaired) electrons. The summed E-state index contributed by atoms with van der Waals surface area (Å²) in [7, 11) is 2.94. The van der Waals surface area contributed by atoms with Crippen molar-refractivity contribution in [2.24, 2.45) is 5.73 Å². The minimum absolute atomic E-state index is 0.116. The van der Waals surface area contributed by atoms with Crippen molar-refractivity contribution >= 4 is 17.8 Å². The van der Waals surface area contributed by atoms with Crippen LogP contribution in [0, 0.1) is 0 Å². The second kappa shape index (κ2) is 31.2. The lowest BCUT2D eigenvalue weighted by molar-refractivity contribution is -0.233. The minimum atomic E-state index is -1.84. The number of aromatic nitrogens is 2. The van der Waals surface area contributed by atoms with Crippen LogP contribution in [0.25, 0.3) is 0 Å². The highest BCUT2D eigenvalue weighted by molar-refractivity contribution is 5.91. The summed E-state index contributed by atoms with van der Waals surface area (Å²) in [6.07, 6.45) is 11.7. The molecule has 69 heavy (non-hydrogen) atoms. The van der Waals surface area contributed by atoms with Crippen molar-refractivity contribution in [3.05, 3.63) is 33.1 Å². The van der Waals surface area contributed by atoms with E-state index in [-0.39, 0.29) is 19.5 Å². The van der Waals surface area contributed by atoms with Crippen LogP contribution in [0.5, 0.6) is 0 Å². The lowest BCUT2D eigenvalue weighted by Gasteiger charge is -2.38. The van der Waals surface area contributed by atoms with E-state index in [9.17, 15) is 44.4 Å². The van der Waals surface area contributed by atoms with Crippen LogP contribution in [0.15, 0.2) is 21.9 Å². The maximum atomic E-state index is 15.0. The number of nitrogens with zero attached hydrogens (tertiary/aromatic N) is 3. The highest BCUT2D eigenvalue weighted by Gasteiger charge is 2.57. The average molecular weight is 981 g/mol. The van der Waals surface area contributed by atoms with Gasteiger partial charge in [-0.25, -0.2) is 4.79 Å². The van der Waals surface area contributed by atoms with Crippen LogP contribution in [0.4, 0.5) is 0 Å². The number of hydrogen-bond acceptors (Lipinski definition) is 15. The van der Waals surface area contributed by atoms with Gasteiger partial charge >= 0.3 is 11.7 Å². The Hall–Kier alpha value is -3.27. The van der Waals surface area contributed by atoms with Gasteiger partial charge in [0.15, 0.2) is 12.5 Å². The zero-order valence-corrected chi connectivity index (χ0v) is 42.1. The monoisotopic (exact) mass is 981 g/mol. The molecule has 0 spiro atoms. The van der Waals surface area contributed by atoms with Crippen LogP contribution in [-0.4, -0.2) is 158 Å². The summed E-state index contributed by atoms with van der Waals surface area (Å²) in [6.45, 7) is 4.39. The summed E-state index contributed by atoms with van der Waals surface area (Å²) >= 11 is 0. The molecule has 3 aliphatic heterocycles. The fraction of sp³-hybridized carbons (Fsp3) is 0.860. The molecule has 0 bridgehead atoms. The zero-order valence-electron chi connectivity index (χ0n) is 42.1. The molecule has 5 unspecified atom stereocenters. The van der Waals surface area contributed by atoms with Crippen LogP contribution in [0.3, 0.4) is 0 Å². The number of aliphatic hydroxyl groups excluding tert-OH is 4. The molecular formula is C50H88N6O13. The van der Waals surface area contributed by atoms with Crippen LogP contribution in [-0.2, 0) is 33.3 Å². The first-order valence-corrected chi connectivity index (χ1v) is 26.4. The third-order valence-corrected chi connectivity index (χ3v) is 14.1. The van der Waals surface area contributed by atoms with E-state index >= 15 is 0 Å². The van der Waals surface area contributed by atoms with Crippen LogP contribution in [0.1, 0.15) is 174 Å². The first-order valence-electron chi connectivity index (χ1n) is 26.4. The molecular weight excluding hydrogens is 893 g/mol. The lowest BCUT2D eigenvalue weighted by atomic mass is 9.97. The summed E-state index contributed by atoms with van der Waals surface area (Å²) in [4.78, 5) is 72.3. The van der Waals surface area contributed by atoms with E-state index in [1.807, 2.05) is 0 Å². The van der Waals surface area contributed by atoms with Crippen molar-refractivity contribution in [1.82, 2.24) is 24.7 Å². The fourth-order valence-corrected chi connectivity index (χ4v) is 9.88. The van der Waals surface area contributed by atoms with E-state index in [0.29, 0.717) is 19.4 Å². The molecule has 8 N–H and O–H groups in total. The van der Waals surface area contributed by atoms with Gasteiger partial charge in [-0.1, -0.05) is 149 Å². The van der Waals surface area contributed by atoms with Gasteiger partial charge in [0.05, 0.1) is 0 Å². The number of aliphatic hydroxyl groups is 4. The van der Waals surface area contributed by atoms with Gasteiger partial charge in [-0.2, -0.15) is 0 Å². The highest BCUT2D eigenvalue weighted by atomic mass is 16.7. The summed E-state index contributed by atoms with van der Waals surface area (Å²) in [6, 6.07) is -1.74. The fourth-order valence-electron chi connectivity index (χ4n) is 9.88. The summed E-state index contributed by atoms with van der Waals surface area (Å²) in [5, 5.41) is 47.6. The van der Waals surface area contributed by atoms with E-state index in [4.69, 9.17) is 24.7 Å². The van der Waals surface area contributed by atoms with E-state index in [1.54, 1.807) is 0 Å². The van der Waals surface area contributed by atoms with Crippen LogP contribution >= 0.6 is 0 Å². The molecule has 0 saturated carbocycles. The molecule has 12 atom stereocenters. The molecule has 396 valence electrons. The predicted octanol–water partition coefficient (Wildman–Crippen LogP) is 3.52. The number of likely N-dealkylation sites (N-methyl/N-ethyl adjacent to an activating group) is 2.